The minimum Gasteiger partial charge on any atom is -0.352 e. The third-order valence-corrected chi connectivity index (χ3v) is 5.49. The van der Waals surface area contributed by atoms with Crippen LogP contribution >= 0.6 is 23.2 Å². The Morgan fingerprint density at radius 2 is 1.92 bits per heavy atom. The van der Waals surface area contributed by atoms with Gasteiger partial charge in [0.05, 0.1) is 0 Å². The van der Waals surface area contributed by atoms with Crippen LogP contribution in [0.15, 0.2) is 18.2 Å². The number of amides is 2. The molecular formula is C20H28Cl2N2O2. The zero-order valence-corrected chi connectivity index (χ0v) is 17.1. The minimum atomic E-state index is -0.485. The Kier molecular flexibility index (Phi) is 8.23. The van der Waals surface area contributed by atoms with Crippen molar-refractivity contribution in [3.63, 3.8) is 0 Å². The van der Waals surface area contributed by atoms with Crippen LogP contribution in [0.5, 0.6) is 0 Å². The van der Waals surface area contributed by atoms with E-state index in [1.807, 2.05) is 19.9 Å². The summed E-state index contributed by atoms with van der Waals surface area (Å²) < 4.78 is 0. The lowest BCUT2D eigenvalue weighted by atomic mass is 10.1. The number of carbonyl (C=O) groups is 2. The molecule has 0 aromatic heterocycles. The van der Waals surface area contributed by atoms with Gasteiger partial charge in [-0.3, -0.25) is 9.59 Å². The average molecular weight is 399 g/mol. The largest absolute Gasteiger partial charge is 0.352 e. The summed E-state index contributed by atoms with van der Waals surface area (Å²) in [6, 6.07) is 4.99. The number of benzene rings is 1. The van der Waals surface area contributed by atoms with Crippen LogP contribution in [0.25, 0.3) is 0 Å². The molecule has 144 valence electrons. The smallest absolute Gasteiger partial charge is 0.243 e. The van der Waals surface area contributed by atoms with Gasteiger partial charge in [-0.2, -0.15) is 0 Å². The zero-order chi connectivity index (χ0) is 19.1. The van der Waals surface area contributed by atoms with Gasteiger partial charge in [0, 0.05) is 29.1 Å². The summed E-state index contributed by atoms with van der Waals surface area (Å²) in [6.45, 7) is 4.21. The maximum absolute atomic E-state index is 12.9. The fraction of sp³-hybridized carbons (Fsp3) is 0.600. The first-order valence-corrected chi connectivity index (χ1v) is 10.3. The van der Waals surface area contributed by atoms with Crippen molar-refractivity contribution in [2.45, 2.75) is 77.4 Å². The summed E-state index contributed by atoms with van der Waals surface area (Å²) >= 11 is 12.3. The van der Waals surface area contributed by atoms with E-state index in [0.29, 0.717) is 29.4 Å². The number of halogens is 2. The van der Waals surface area contributed by atoms with E-state index in [2.05, 4.69) is 5.32 Å². The van der Waals surface area contributed by atoms with Gasteiger partial charge in [-0.25, -0.2) is 0 Å². The number of nitrogens with zero attached hydrogens (tertiary/aromatic N) is 1. The van der Waals surface area contributed by atoms with Gasteiger partial charge in [-0.05, 0) is 43.4 Å². The van der Waals surface area contributed by atoms with Gasteiger partial charge in [0.15, 0.2) is 0 Å². The Labute approximate surface area is 166 Å². The van der Waals surface area contributed by atoms with E-state index in [4.69, 9.17) is 23.2 Å². The van der Waals surface area contributed by atoms with Crippen LogP contribution in [0.3, 0.4) is 0 Å². The highest BCUT2D eigenvalue weighted by atomic mass is 35.5. The first kappa shape index (κ1) is 21.0. The van der Waals surface area contributed by atoms with E-state index in [1.54, 1.807) is 17.0 Å². The number of rotatable bonds is 8. The van der Waals surface area contributed by atoms with E-state index in [0.717, 1.165) is 37.7 Å². The van der Waals surface area contributed by atoms with Crippen molar-refractivity contribution in [3.8, 4) is 0 Å². The molecule has 0 unspecified atom stereocenters. The van der Waals surface area contributed by atoms with Crippen LogP contribution in [0, 0.1) is 0 Å². The molecule has 4 nitrogen and oxygen atoms in total. The molecule has 1 fully saturated rings. The normalized spacial score (nSPS) is 15.7. The van der Waals surface area contributed by atoms with E-state index in [-0.39, 0.29) is 17.9 Å². The Morgan fingerprint density at radius 1 is 1.23 bits per heavy atom. The number of hydrogen-bond acceptors (Lipinski definition) is 2. The molecule has 1 aromatic carbocycles. The van der Waals surface area contributed by atoms with Crippen LogP contribution < -0.4 is 5.32 Å². The van der Waals surface area contributed by atoms with Crippen LogP contribution in [-0.2, 0) is 16.1 Å². The molecule has 1 aliphatic rings. The van der Waals surface area contributed by atoms with Gasteiger partial charge >= 0.3 is 0 Å². The second-order valence-electron chi connectivity index (χ2n) is 6.92. The maximum Gasteiger partial charge on any atom is 0.243 e. The molecular weight excluding hydrogens is 371 g/mol. The van der Waals surface area contributed by atoms with Crippen molar-refractivity contribution in [3.05, 3.63) is 33.8 Å². The molecule has 1 aromatic rings. The summed E-state index contributed by atoms with van der Waals surface area (Å²) in [5.74, 6) is -0.0825. The third kappa shape index (κ3) is 5.62. The zero-order valence-electron chi connectivity index (χ0n) is 15.6. The molecule has 0 heterocycles. The molecule has 2 rings (SSSR count). The fourth-order valence-corrected chi connectivity index (χ4v) is 3.95. The minimum absolute atomic E-state index is 0.0214. The van der Waals surface area contributed by atoms with Gasteiger partial charge in [0.25, 0.3) is 0 Å². The molecule has 26 heavy (non-hydrogen) atoms. The van der Waals surface area contributed by atoms with Crippen molar-refractivity contribution in [2.75, 3.05) is 0 Å². The van der Waals surface area contributed by atoms with Crippen molar-refractivity contribution < 1.29 is 9.59 Å². The molecule has 1 aliphatic carbocycles. The van der Waals surface area contributed by atoms with Crippen LogP contribution in [-0.4, -0.2) is 28.8 Å². The number of nitrogens with one attached hydrogen (secondary N) is 1. The predicted octanol–water partition coefficient (Wildman–Crippen LogP) is 4.96. The number of carbonyl (C=O) groups excluding carboxylic acids is 2. The Morgan fingerprint density at radius 3 is 2.50 bits per heavy atom. The summed E-state index contributed by atoms with van der Waals surface area (Å²) in [5.41, 5.74) is 0.799. The van der Waals surface area contributed by atoms with E-state index in [1.165, 1.54) is 0 Å². The molecule has 0 saturated heterocycles. The van der Waals surface area contributed by atoms with Crippen molar-refractivity contribution in [1.82, 2.24) is 10.2 Å². The highest BCUT2D eigenvalue weighted by Gasteiger charge is 2.30. The monoisotopic (exact) mass is 398 g/mol. The van der Waals surface area contributed by atoms with Gasteiger partial charge in [0.1, 0.15) is 6.04 Å². The highest BCUT2D eigenvalue weighted by Crippen LogP contribution is 2.24. The van der Waals surface area contributed by atoms with E-state index >= 15 is 0 Å². The fourth-order valence-electron chi connectivity index (χ4n) is 3.48. The quantitative estimate of drug-likeness (QED) is 0.672. The summed E-state index contributed by atoms with van der Waals surface area (Å²) in [7, 11) is 0. The lowest BCUT2D eigenvalue weighted by Gasteiger charge is -2.31. The lowest BCUT2D eigenvalue weighted by molar-refractivity contribution is -0.141. The van der Waals surface area contributed by atoms with Crippen molar-refractivity contribution in [2.24, 2.45) is 0 Å². The van der Waals surface area contributed by atoms with E-state index in [9.17, 15) is 9.59 Å². The molecule has 2 amide bonds. The SMILES string of the molecule is CCCC(=O)N(Cc1ccc(Cl)cc1Cl)[C@H](CC)C(=O)NC1CCCC1. The molecule has 1 saturated carbocycles. The standard InChI is InChI=1S/C20H28Cl2N2O2/c1-3-7-19(25)24(13-14-10-11-15(21)12-17(14)22)18(4-2)20(26)23-16-8-5-6-9-16/h10-12,16,18H,3-9,13H2,1-2H3,(H,23,26)/t18-/m1/s1. The first-order valence-electron chi connectivity index (χ1n) is 9.50. The lowest BCUT2D eigenvalue weighted by Crippen LogP contribution is -2.50. The molecule has 0 aliphatic heterocycles. The summed E-state index contributed by atoms with van der Waals surface area (Å²) in [5, 5.41) is 4.19. The van der Waals surface area contributed by atoms with Gasteiger partial charge in [-0.1, -0.05) is 56.0 Å². The maximum atomic E-state index is 12.9. The molecule has 6 heteroatoms. The Hall–Kier alpha value is -1.26. The van der Waals surface area contributed by atoms with Gasteiger partial charge in [-0.15, -0.1) is 0 Å². The van der Waals surface area contributed by atoms with Crippen molar-refractivity contribution in [1.29, 1.82) is 0 Å². The molecule has 0 spiro atoms. The Balaban J connectivity index is 2.19. The van der Waals surface area contributed by atoms with E-state index < -0.39 is 6.04 Å². The van der Waals surface area contributed by atoms with Crippen LogP contribution in [0.1, 0.15) is 64.4 Å². The summed E-state index contributed by atoms with van der Waals surface area (Å²) in [6.07, 6.45) is 6.07. The van der Waals surface area contributed by atoms with Crippen molar-refractivity contribution >= 4 is 35.0 Å². The second-order valence-corrected chi connectivity index (χ2v) is 7.77. The topological polar surface area (TPSA) is 49.4 Å². The summed E-state index contributed by atoms with van der Waals surface area (Å²) in [4.78, 5) is 27.3. The van der Waals surface area contributed by atoms with Gasteiger partial charge in [0.2, 0.25) is 11.8 Å². The van der Waals surface area contributed by atoms with Crippen LogP contribution in [0.4, 0.5) is 0 Å². The molecule has 0 bridgehead atoms. The molecule has 1 atom stereocenters. The van der Waals surface area contributed by atoms with Crippen LogP contribution in [0.2, 0.25) is 10.0 Å². The second kappa shape index (κ2) is 10.2. The average Bonchev–Trinajstić information content (AvgIpc) is 3.09. The Bertz CT molecular complexity index is 630. The third-order valence-electron chi connectivity index (χ3n) is 4.91. The molecule has 1 N–H and O–H groups in total. The van der Waals surface area contributed by atoms with Gasteiger partial charge < -0.3 is 10.2 Å². The highest BCUT2D eigenvalue weighted by molar-refractivity contribution is 6.35. The first-order chi connectivity index (χ1) is 12.5. The number of hydrogen-bond donors (Lipinski definition) is 1. The molecule has 0 radical (unpaired) electrons. The predicted molar refractivity (Wildman–Crippen MR) is 106 cm³/mol.